The van der Waals surface area contributed by atoms with E-state index in [9.17, 15) is 8.42 Å². The van der Waals surface area contributed by atoms with Crippen LogP contribution in [-0.4, -0.2) is 20.6 Å². The molecule has 0 fully saturated rings. The second-order valence-electron chi connectivity index (χ2n) is 4.39. The van der Waals surface area contributed by atoms with E-state index in [4.69, 9.17) is 4.74 Å². The normalized spacial score (nSPS) is 26.1. The van der Waals surface area contributed by atoms with Crippen molar-refractivity contribution in [1.29, 1.82) is 0 Å². The van der Waals surface area contributed by atoms with Crippen LogP contribution in [0, 0.1) is 6.92 Å². The minimum atomic E-state index is -3.48. The largest absolute Gasteiger partial charge is 0.356 e. The van der Waals surface area contributed by atoms with Crippen LogP contribution in [0.5, 0.6) is 0 Å². The number of aryl methyl sites for hydroxylation is 1. The molecule has 0 aliphatic carbocycles. The van der Waals surface area contributed by atoms with E-state index in [0.29, 0.717) is 14.3 Å². The van der Waals surface area contributed by atoms with Gasteiger partial charge in [0.1, 0.15) is 12.2 Å². The van der Waals surface area contributed by atoms with Gasteiger partial charge in [-0.15, -0.1) is 0 Å². The van der Waals surface area contributed by atoms with Crippen molar-refractivity contribution >= 4 is 25.8 Å². The summed E-state index contributed by atoms with van der Waals surface area (Å²) < 4.78 is 31.2. The fourth-order valence-corrected chi connectivity index (χ4v) is 4.83. The summed E-state index contributed by atoms with van der Waals surface area (Å²) in [5.41, 5.74) is 1.03. The second kappa shape index (κ2) is 4.05. The zero-order valence-corrected chi connectivity index (χ0v) is 12.0. The van der Waals surface area contributed by atoms with E-state index >= 15 is 0 Å². The molecule has 5 heteroatoms. The monoisotopic (exact) mass is 326 g/mol. The molecule has 0 N–H and O–H groups in total. The Hall–Kier alpha value is -0.910. The molecule has 2 atom stereocenters. The van der Waals surface area contributed by atoms with E-state index in [1.165, 1.54) is 0 Å². The maximum atomic E-state index is 12.5. The van der Waals surface area contributed by atoms with Gasteiger partial charge in [-0.05, 0) is 19.1 Å². The maximum absolute atomic E-state index is 12.5. The van der Waals surface area contributed by atoms with Crippen LogP contribution in [-0.2, 0) is 14.6 Å². The second-order valence-corrected chi connectivity index (χ2v) is 7.16. The van der Waals surface area contributed by atoms with Gasteiger partial charge < -0.3 is 4.74 Å². The summed E-state index contributed by atoms with van der Waals surface area (Å²) in [5.74, 6) is 0. The predicted octanol–water partition coefficient (Wildman–Crippen LogP) is 2.71. The van der Waals surface area contributed by atoms with Crippen LogP contribution in [0.2, 0.25) is 0 Å². The Morgan fingerprint density at radius 2 is 1.72 bits per heavy atom. The molecule has 2 heterocycles. The first-order chi connectivity index (χ1) is 8.50. The smallest absolute Gasteiger partial charge is 0.206 e. The third-order valence-electron chi connectivity index (χ3n) is 3.12. The first kappa shape index (κ1) is 12.1. The highest BCUT2D eigenvalue weighted by Gasteiger charge is 2.42. The lowest BCUT2D eigenvalue weighted by Gasteiger charge is -2.11. The van der Waals surface area contributed by atoms with E-state index in [0.717, 1.165) is 5.56 Å². The number of sulfone groups is 1. The topological polar surface area (TPSA) is 43.4 Å². The molecule has 1 aromatic rings. The van der Waals surface area contributed by atoms with Gasteiger partial charge >= 0.3 is 0 Å². The van der Waals surface area contributed by atoms with Gasteiger partial charge in [0.25, 0.3) is 0 Å². The maximum Gasteiger partial charge on any atom is 0.206 e. The molecule has 1 aromatic carbocycles. The molecule has 2 aliphatic rings. The van der Waals surface area contributed by atoms with E-state index < -0.39 is 15.9 Å². The SMILES string of the molecule is Cc1ccc(S(=O)(=O)C2=C(Br)C3C=CC2O3)cc1. The van der Waals surface area contributed by atoms with Gasteiger partial charge in [0, 0.05) is 4.48 Å². The van der Waals surface area contributed by atoms with Gasteiger partial charge in [0.15, 0.2) is 0 Å². The average Bonchev–Trinajstić information content (AvgIpc) is 2.89. The number of rotatable bonds is 2. The van der Waals surface area contributed by atoms with Gasteiger partial charge in [-0.2, -0.15) is 0 Å². The van der Waals surface area contributed by atoms with Crippen molar-refractivity contribution in [3.63, 3.8) is 0 Å². The Balaban J connectivity index is 2.09. The first-order valence-electron chi connectivity index (χ1n) is 5.55. The molecule has 3 nitrogen and oxygen atoms in total. The molecule has 2 unspecified atom stereocenters. The fraction of sp³-hybridized carbons (Fsp3) is 0.231. The number of ether oxygens (including phenoxy) is 1. The van der Waals surface area contributed by atoms with E-state index in [1.807, 2.05) is 13.0 Å². The highest BCUT2D eigenvalue weighted by molar-refractivity contribution is 9.11. The summed E-state index contributed by atoms with van der Waals surface area (Å²) in [6.07, 6.45) is 2.96. The Bertz CT molecular complexity index is 656. The minimum absolute atomic E-state index is 0.245. The zero-order valence-electron chi connectivity index (χ0n) is 9.63. The molecule has 0 amide bonds. The molecule has 0 radical (unpaired) electrons. The minimum Gasteiger partial charge on any atom is -0.356 e. The molecule has 0 saturated carbocycles. The molecular weight excluding hydrogens is 316 g/mol. The first-order valence-corrected chi connectivity index (χ1v) is 7.83. The van der Waals surface area contributed by atoms with Gasteiger partial charge in [0.2, 0.25) is 9.84 Å². The summed E-state index contributed by atoms with van der Waals surface area (Å²) in [7, 11) is -3.48. The van der Waals surface area contributed by atoms with Crippen molar-refractivity contribution in [1.82, 2.24) is 0 Å². The Labute approximate surface area is 114 Å². The van der Waals surface area contributed by atoms with Crippen molar-refractivity contribution in [2.45, 2.75) is 24.0 Å². The highest BCUT2D eigenvalue weighted by Crippen LogP contribution is 2.42. The summed E-state index contributed by atoms with van der Waals surface area (Å²) in [6, 6.07) is 6.86. The van der Waals surface area contributed by atoms with Gasteiger partial charge in [-0.1, -0.05) is 45.8 Å². The van der Waals surface area contributed by atoms with E-state index in [2.05, 4.69) is 15.9 Å². The lowest BCUT2D eigenvalue weighted by Crippen LogP contribution is -2.14. The Kier molecular flexibility index (Phi) is 2.73. The molecular formula is C13H11BrO3S. The fourth-order valence-electron chi connectivity index (χ4n) is 2.15. The number of halogens is 1. The van der Waals surface area contributed by atoms with Crippen LogP contribution in [0.15, 0.2) is 50.7 Å². The predicted molar refractivity (Wildman–Crippen MR) is 72.1 cm³/mol. The molecule has 18 heavy (non-hydrogen) atoms. The van der Waals surface area contributed by atoms with Gasteiger partial charge in [-0.25, -0.2) is 8.42 Å². The average molecular weight is 327 g/mol. The summed E-state index contributed by atoms with van der Waals surface area (Å²) in [5, 5.41) is 0. The van der Waals surface area contributed by atoms with Crippen LogP contribution in [0.3, 0.4) is 0 Å². The molecule has 0 aromatic heterocycles. The number of hydrogen-bond acceptors (Lipinski definition) is 3. The van der Waals surface area contributed by atoms with Gasteiger partial charge in [0.05, 0.1) is 9.80 Å². The molecule has 0 saturated heterocycles. The molecule has 2 bridgehead atoms. The van der Waals surface area contributed by atoms with Gasteiger partial charge in [-0.3, -0.25) is 0 Å². The van der Waals surface area contributed by atoms with Crippen molar-refractivity contribution in [2.75, 3.05) is 0 Å². The zero-order chi connectivity index (χ0) is 12.9. The Morgan fingerprint density at radius 1 is 1.11 bits per heavy atom. The van der Waals surface area contributed by atoms with Crippen molar-refractivity contribution in [3.05, 3.63) is 51.4 Å². The highest BCUT2D eigenvalue weighted by atomic mass is 79.9. The summed E-state index contributed by atoms with van der Waals surface area (Å²) >= 11 is 3.33. The number of hydrogen-bond donors (Lipinski definition) is 0. The third kappa shape index (κ3) is 1.69. The van der Waals surface area contributed by atoms with E-state index in [-0.39, 0.29) is 6.10 Å². The molecule has 0 spiro atoms. The van der Waals surface area contributed by atoms with Crippen LogP contribution < -0.4 is 0 Å². The van der Waals surface area contributed by atoms with Crippen molar-refractivity contribution < 1.29 is 13.2 Å². The summed E-state index contributed by atoms with van der Waals surface area (Å²) in [6.45, 7) is 1.93. The van der Waals surface area contributed by atoms with Crippen LogP contribution in [0.1, 0.15) is 5.56 Å². The standard InChI is InChI=1S/C13H11BrO3S/c1-8-2-4-9(5-3-8)18(15,16)13-11-7-6-10(17-11)12(13)14/h2-7,10-11H,1H3. The number of benzene rings is 1. The van der Waals surface area contributed by atoms with Crippen molar-refractivity contribution in [2.24, 2.45) is 0 Å². The van der Waals surface area contributed by atoms with Crippen LogP contribution in [0.25, 0.3) is 0 Å². The quantitative estimate of drug-likeness (QED) is 0.785. The lowest BCUT2D eigenvalue weighted by atomic mass is 10.2. The molecule has 2 aliphatic heterocycles. The number of fused-ring (bicyclic) bond motifs is 2. The Morgan fingerprint density at radius 3 is 2.28 bits per heavy atom. The van der Waals surface area contributed by atoms with E-state index in [1.54, 1.807) is 30.3 Å². The van der Waals surface area contributed by atoms with Crippen LogP contribution in [0.4, 0.5) is 0 Å². The molecule has 94 valence electrons. The third-order valence-corrected chi connectivity index (χ3v) is 6.18. The lowest BCUT2D eigenvalue weighted by molar-refractivity contribution is 0.133. The summed E-state index contributed by atoms with van der Waals surface area (Å²) in [4.78, 5) is 0.642. The van der Waals surface area contributed by atoms with Crippen LogP contribution >= 0.6 is 15.9 Å². The molecule has 3 rings (SSSR count). The van der Waals surface area contributed by atoms with Crippen molar-refractivity contribution in [3.8, 4) is 0 Å².